The first kappa shape index (κ1) is 14.8. The Hall–Kier alpha value is -2.76. The molecule has 0 aliphatic carbocycles. The van der Waals surface area contributed by atoms with Crippen LogP contribution >= 0.6 is 0 Å². The van der Waals surface area contributed by atoms with Crippen LogP contribution in [-0.4, -0.2) is 26.1 Å². The molecule has 1 N–H and O–H groups in total. The van der Waals surface area contributed by atoms with Gasteiger partial charge in [0.2, 0.25) is 12.5 Å². The molecular formula is C18H18O6. The maximum atomic E-state index is 9.97. The van der Waals surface area contributed by atoms with Crippen LogP contribution in [0.4, 0.5) is 0 Å². The molecule has 126 valence electrons. The van der Waals surface area contributed by atoms with Crippen LogP contribution in [0.3, 0.4) is 0 Å². The van der Waals surface area contributed by atoms with Crippen LogP contribution in [-0.2, 0) is 0 Å². The molecule has 6 heteroatoms. The molecular weight excluding hydrogens is 312 g/mol. The van der Waals surface area contributed by atoms with Crippen LogP contribution in [0.25, 0.3) is 0 Å². The van der Waals surface area contributed by atoms with Gasteiger partial charge in [-0.15, -0.1) is 0 Å². The van der Waals surface area contributed by atoms with Gasteiger partial charge in [0.05, 0.1) is 14.2 Å². The van der Waals surface area contributed by atoms with E-state index in [1.807, 2.05) is 18.2 Å². The van der Waals surface area contributed by atoms with Gasteiger partial charge in [0.15, 0.2) is 23.0 Å². The molecule has 0 aromatic heterocycles. The number of phenolic OH excluding ortho intramolecular Hbond substituents is 1. The van der Waals surface area contributed by atoms with Crippen molar-refractivity contribution in [1.82, 2.24) is 0 Å². The number of hydrogen-bond donors (Lipinski definition) is 1. The van der Waals surface area contributed by atoms with Crippen LogP contribution in [0.15, 0.2) is 24.3 Å². The van der Waals surface area contributed by atoms with Crippen molar-refractivity contribution in [3.8, 4) is 34.5 Å². The molecule has 24 heavy (non-hydrogen) atoms. The minimum atomic E-state index is -0.213. The summed E-state index contributed by atoms with van der Waals surface area (Å²) in [6.07, 6.45) is -0.213. The molecule has 2 aromatic rings. The number of phenols is 1. The third-order valence-corrected chi connectivity index (χ3v) is 4.52. The second kappa shape index (κ2) is 5.40. The Morgan fingerprint density at radius 2 is 1.79 bits per heavy atom. The van der Waals surface area contributed by atoms with E-state index in [0.29, 0.717) is 28.7 Å². The Kier molecular flexibility index (Phi) is 3.33. The lowest BCUT2D eigenvalue weighted by Crippen LogP contribution is -2.07. The number of methoxy groups -OCH3 is 2. The van der Waals surface area contributed by atoms with E-state index in [0.717, 1.165) is 11.1 Å². The summed E-state index contributed by atoms with van der Waals surface area (Å²) in [6, 6.07) is 7.22. The molecule has 0 fully saturated rings. The zero-order valence-electron chi connectivity index (χ0n) is 13.7. The molecule has 0 bridgehead atoms. The minimum absolute atomic E-state index is 0.0624. The van der Waals surface area contributed by atoms with E-state index in [1.165, 1.54) is 7.11 Å². The van der Waals surface area contributed by atoms with Gasteiger partial charge in [-0.05, 0) is 18.2 Å². The zero-order chi connectivity index (χ0) is 16.8. The average Bonchev–Trinajstić information content (AvgIpc) is 3.17. The lowest BCUT2D eigenvalue weighted by molar-refractivity contribution is 0.171. The summed E-state index contributed by atoms with van der Waals surface area (Å²) < 4.78 is 27.6. The lowest BCUT2D eigenvalue weighted by Gasteiger charge is -2.17. The van der Waals surface area contributed by atoms with Gasteiger partial charge in [-0.1, -0.05) is 6.92 Å². The maximum Gasteiger partial charge on any atom is 0.231 e. The van der Waals surface area contributed by atoms with Gasteiger partial charge < -0.3 is 28.8 Å². The van der Waals surface area contributed by atoms with E-state index in [4.69, 9.17) is 23.7 Å². The Labute approximate surface area is 139 Å². The molecule has 2 atom stereocenters. The highest BCUT2D eigenvalue weighted by Crippen LogP contribution is 2.52. The minimum Gasteiger partial charge on any atom is -0.504 e. The highest BCUT2D eigenvalue weighted by atomic mass is 16.7. The summed E-state index contributed by atoms with van der Waals surface area (Å²) >= 11 is 0. The van der Waals surface area contributed by atoms with Gasteiger partial charge in [0.1, 0.15) is 11.9 Å². The molecule has 0 radical (unpaired) electrons. The topological polar surface area (TPSA) is 66.4 Å². The standard InChI is InChI=1S/C18H18O6/c1-9-11-6-14(20-2)12(19)7-13(11)24-17(9)10-4-15(21-3)18-16(5-10)22-8-23-18/h4-7,9,17,19H,8H2,1-3H3/t9-,17+/m0/s1. The van der Waals surface area contributed by atoms with Crippen molar-refractivity contribution in [3.63, 3.8) is 0 Å². The van der Waals surface area contributed by atoms with Gasteiger partial charge in [-0.3, -0.25) is 0 Å². The summed E-state index contributed by atoms with van der Waals surface area (Å²) in [5.41, 5.74) is 1.92. The summed E-state index contributed by atoms with van der Waals surface area (Å²) in [5.74, 6) is 3.12. The zero-order valence-corrected chi connectivity index (χ0v) is 13.7. The quantitative estimate of drug-likeness (QED) is 0.931. The second-order valence-electron chi connectivity index (χ2n) is 5.85. The van der Waals surface area contributed by atoms with Crippen LogP contribution < -0.4 is 23.7 Å². The van der Waals surface area contributed by atoms with E-state index in [1.54, 1.807) is 13.2 Å². The van der Waals surface area contributed by atoms with Gasteiger partial charge in [0, 0.05) is 23.1 Å². The van der Waals surface area contributed by atoms with Crippen LogP contribution in [0, 0.1) is 0 Å². The van der Waals surface area contributed by atoms with Crippen molar-refractivity contribution in [1.29, 1.82) is 0 Å². The summed E-state index contributed by atoms with van der Waals surface area (Å²) in [4.78, 5) is 0. The van der Waals surface area contributed by atoms with Crippen molar-refractivity contribution >= 4 is 0 Å². The number of ether oxygens (including phenoxy) is 5. The van der Waals surface area contributed by atoms with Crippen molar-refractivity contribution in [3.05, 3.63) is 35.4 Å². The lowest BCUT2D eigenvalue weighted by atomic mass is 9.92. The smallest absolute Gasteiger partial charge is 0.231 e. The highest BCUT2D eigenvalue weighted by molar-refractivity contribution is 5.58. The molecule has 0 amide bonds. The molecule has 2 aliphatic rings. The molecule has 6 nitrogen and oxygen atoms in total. The average molecular weight is 330 g/mol. The Morgan fingerprint density at radius 3 is 2.54 bits per heavy atom. The fourth-order valence-corrected chi connectivity index (χ4v) is 3.26. The first-order valence-corrected chi connectivity index (χ1v) is 7.67. The summed E-state index contributed by atoms with van der Waals surface area (Å²) in [7, 11) is 3.12. The number of benzene rings is 2. The van der Waals surface area contributed by atoms with Crippen LogP contribution in [0.5, 0.6) is 34.5 Å². The first-order chi connectivity index (χ1) is 11.6. The van der Waals surface area contributed by atoms with E-state index < -0.39 is 0 Å². The first-order valence-electron chi connectivity index (χ1n) is 7.67. The Balaban J connectivity index is 1.74. The third kappa shape index (κ3) is 2.10. The van der Waals surface area contributed by atoms with E-state index in [9.17, 15) is 5.11 Å². The van der Waals surface area contributed by atoms with Gasteiger partial charge >= 0.3 is 0 Å². The van der Waals surface area contributed by atoms with Crippen molar-refractivity contribution in [2.24, 2.45) is 0 Å². The monoisotopic (exact) mass is 330 g/mol. The normalized spacial score (nSPS) is 20.5. The van der Waals surface area contributed by atoms with Crippen molar-refractivity contribution in [2.45, 2.75) is 18.9 Å². The molecule has 0 unspecified atom stereocenters. The van der Waals surface area contributed by atoms with Gasteiger partial charge in [0.25, 0.3) is 0 Å². The fraction of sp³-hybridized carbons (Fsp3) is 0.333. The number of hydrogen-bond acceptors (Lipinski definition) is 6. The van der Waals surface area contributed by atoms with Gasteiger partial charge in [-0.2, -0.15) is 0 Å². The molecule has 0 saturated carbocycles. The van der Waals surface area contributed by atoms with Crippen molar-refractivity contribution in [2.75, 3.05) is 21.0 Å². The summed E-state index contributed by atoms with van der Waals surface area (Å²) in [6.45, 7) is 2.26. The molecule has 0 spiro atoms. The number of fused-ring (bicyclic) bond motifs is 2. The number of aromatic hydroxyl groups is 1. The number of rotatable bonds is 3. The highest BCUT2D eigenvalue weighted by Gasteiger charge is 2.35. The van der Waals surface area contributed by atoms with Crippen LogP contribution in [0.2, 0.25) is 0 Å². The predicted molar refractivity (Wildman–Crippen MR) is 85.6 cm³/mol. The molecule has 4 rings (SSSR count). The second-order valence-corrected chi connectivity index (χ2v) is 5.85. The molecule has 2 aliphatic heterocycles. The van der Waals surface area contributed by atoms with E-state index >= 15 is 0 Å². The predicted octanol–water partition coefficient (Wildman–Crippen LogP) is 3.38. The summed E-state index contributed by atoms with van der Waals surface area (Å²) in [5, 5.41) is 9.97. The fourth-order valence-electron chi connectivity index (χ4n) is 3.26. The van der Waals surface area contributed by atoms with Crippen LogP contribution in [0.1, 0.15) is 30.1 Å². The van der Waals surface area contributed by atoms with Gasteiger partial charge in [-0.25, -0.2) is 0 Å². The molecule has 2 aromatic carbocycles. The molecule has 2 heterocycles. The van der Waals surface area contributed by atoms with E-state index in [-0.39, 0.29) is 24.6 Å². The third-order valence-electron chi connectivity index (χ3n) is 4.52. The maximum absolute atomic E-state index is 9.97. The van der Waals surface area contributed by atoms with Crippen molar-refractivity contribution < 1.29 is 28.8 Å². The largest absolute Gasteiger partial charge is 0.504 e. The Bertz CT molecular complexity index is 801. The van der Waals surface area contributed by atoms with E-state index in [2.05, 4.69) is 6.92 Å². The Morgan fingerprint density at radius 1 is 1.00 bits per heavy atom. The SMILES string of the molecule is COc1cc2c(cc1O)O[C@@H](c1cc(OC)c3c(c1)OCO3)[C@H]2C. The molecule has 0 saturated heterocycles.